The number of carbonyl (C=O) groups excluding carboxylic acids is 2. The number of carbonyl (C=O) groups is 2. The molecule has 4 nitrogen and oxygen atoms in total. The average Bonchev–Trinajstić information content (AvgIpc) is 2.26. The fraction of sp³-hybridized carbons (Fsp3) is 0.273. The van der Waals surface area contributed by atoms with E-state index < -0.39 is 5.97 Å². The first-order valence-corrected chi connectivity index (χ1v) is 4.97. The lowest BCUT2D eigenvalue weighted by Crippen LogP contribution is -2.21. The molecule has 1 aromatic rings. The zero-order chi connectivity index (χ0) is 12.3. The van der Waals surface area contributed by atoms with Crippen LogP contribution >= 0.6 is 11.8 Å². The van der Waals surface area contributed by atoms with Crippen LogP contribution in [0.15, 0.2) is 18.2 Å². The van der Waals surface area contributed by atoms with E-state index in [0.29, 0.717) is 5.69 Å². The molecule has 0 unspecified atom stereocenters. The lowest BCUT2D eigenvalue weighted by molar-refractivity contribution is -0.115. The van der Waals surface area contributed by atoms with Gasteiger partial charge in [-0.1, -0.05) is 12.1 Å². The van der Waals surface area contributed by atoms with Crippen molar-refractivity contribution in [3.63, 3.8) is 0 Å². The number of benzene rings is 1. The largest absolute Gasteiger partial charge is 0.465 e. The molecule has 0 bridgehead atoms. The molecule has 0 fully saturated rings. The van der Waals surface area contributed by atoms with Gasteiger partial charge in [0.15, 0.2) is 0 Å². The molecule has 0 atom stereocenters. The molecular weight excluding hydrogens is 230 g/mol. The van der Waals surface area contributed by atoms with Gasteiger partial charge in [-0.25, -0.2) is 9.21 Å². The Kier molecular flexibility index (Phi) is 3.90. The molecule has 1 rings (SSSR count). The number of aryl methyl sites for hydroxylation is 1. The number of hydrogen-bond donors (Lipinski definition) is 0. The summed E-state index contributed by atoms with van der Waals surface area (Å²) in [5, 5.41) is 0. The molecule has 0 spiro atoms. The molecular formula is C11H12ClNO3. The number of para-hydroxylation sites is 1. The second kappa shape index (κ2) is 4.99. The molecule has 86 valence electrons. The SMILES string of the molecule is COC(=O)c1cccc(C)c1N(Cl)C(C)=O. The Balaban J connectivity index is 3.34. The maximum Gasteiger partial charge on any atom is 0.340 e. The van der Waals surface area contributed by atoms with Crippen molar-refractivity contribution in [2.75, 3.05) is 11.5 Å². The van der Waals surface area contributed by atoms with E-state index in [1.54, 1.807) is 25.1 Å². The Morgan fingerprint density at radius 2 is 2.00 bits per heavy atom. The lowest BCUT2D eigenvalue weighted by atomic mass is 10.1. The van der Waals surface area contributed by atoms with Gasteiger partial charge in [0.1, 0.15) is 0 Å². The third-order valence-electron chi connectivity index (χ3n) is 2.12. The van der Waals surface area contributed by atoms with Crippen LogP contribution in [0.25, 0.3) is 0 Å². The van der Waals surface area contributed by atoms with Crippen molar-refractivity contribution < 1.29 is 14.3 Å². The van der Waals surface area contributed by atoms with Gasteiger partial charge in [0.2, 0.25) is 5.91 Å². The minimum Gasteiger partial charge on any atom is -0.465 e. The molecule has 0 saturated heterocycles. The summed E-state index contributed by atoms with van der Waals surface area (Å²) in [6, 6.07) is 5.03. The van der Waals surface area contributed by atoms with Crippen LogP contribution in [0.1, 0.15) is 22.8 Å². The zero-order valence-electron chi connectivity index (χ0n) is 9.28. The third-order valence-corrected chi connectivity index (χ3v) is 2.52. The van der Waals surface area contributed by atoms with Crippen LogP contribution in [0, 0.1) is 6.92 Å². The number of amides is 1. The van der Waals surface area contributed by atoms with Gasteiger partial charge in [-0.05, 0) is 18.6 Å². The van der Waals surface area contributed by atoms with E-state index in [0.717, 1.165) is 9.98 Å². The maximum absolute atomic E-state index is 11.5. The van der Waals surface area contributed by atoms with E-state index in [2.05, 4.69) is 4.74 Å². The monoisotopic (exact) mass is 241 g/mol. The molecule has 0 aliphatic rings. The van der Waals surface area contributed by atoms with Gasteiger partial charge in [-0.2, -0.15) is 0 Å². The quantitative estimate of drug-likeness (QED) is 0.590. The van der Waals surface area contributed by atoms with Crippen LogP contribution in [-0.4, -0.2) is 19.0 Å². The van der Waals surface area contributed by atoms with Crippen molar-refractivity contribution in [1.82, 2.24) is 0 Å². The van der Waals surface area contributed by atoms with E-state index >= 15 is 0 Å². The van der Waals surface area contributed by atoms with Crippen molar-refractivity contribution >= 4 is 29.3 Å². The van der Waals surface area contributed by atoms with E-state index in [1.807, 2.05) is 0 Å². The summed E-state index contributed by atoms with van der Waals surface area (Å²) in [4.78, 5) is 22.7. The van der Waals surface area contributed by atoms with E-state index in [9.17, 15) is 9.59 Å². The first kappa shape index (κ1) is 12.5. The topological polar surface area (TPSA) is 46.6 Å². The van der Waals surface area contributed by atoms with Crippen LogP contribution in [0.2, 0.25) is 0 Å². The maximum atomic E-state index is 11.5. The molecule has 0 aromatic heterocycles. The van der Waals surface area contributed by atoms with Crippen LogP contribution in [-0.2, 0) is 9.53 Å². The third kappa shape index (κ3) is 2.33. The molecule has 0 aliphatic heterocycles. The van der Waals surface area contributed by atoms with Crippen LogP contribution in [0.5, 0.6) is 0 Å². The molecule has 0 radical (unpaired) electrons. The zero-order valence-corrected chi connectivity index (χ0v) is 10.0. The summed E-state index contributed by atoms with van der Waals surface area (Å²) < 4.78 is 5.54. The minimum atomic E-state index is -0.523. The first-order chi connectivity index (χ1) is 7.49. The van der Waals surface area contributed by atoms with Crippen LogP contribution in [0.4, 0.5) is 5.69 Å². The number of ether oxygens (including phenoxy) is 1. The van der Waals surface area contributed by atoms with Gasteiger partial charge < -0.3 is 4.74 Å². The second-order valence-corrected chi connectivity index (χ2v) is 3.60. The highest BCUT2D eigenvalue weighted by Crippen LogP contribution is 2.27. The predicted octanol–water partition coefficient (Wildman–Crippen LogP) is 2.29. The Morgan fingerprint density at radius 3 is 2.50 bits per heavy atom. The lowest BCUT2D eigenvalue weighted by Gasteiger charge is -2.17. The van der Waals surface area contributed by atoms with Gasteiger partial charge in [0.25, 0.3) is 0 Å². The number of methoxy groups -OCH3 is 1. The first-order valence-electron chi connectivity index (χ1n) is 4.63. The molecule has 5 heteroatoms. The van der Waals surface area contributed by atoms with Crippen molar-refractivity contribution in [3.8, 4) is 0 Å². The van der Waals surface area contributed by atoms with Gasteiger partial charge in [-0.3, -0.25) is 4.79 Å². The second-order valence-electron chi connectivity index (χ2n) is 3.26. The summed E-state index contributed by atoms with van der Waals surface area (Å²) in [6.45, 7) is 3.08. The number of anilines is 1. The van der Waals surface area contributed by atoms with Crippen LogP contribution in [0.3, 0.4) is 0 Å². The summed E-state index contributed by atoms with van der Waals surface area (Å²) in [6.07, 6.45) is 0. The smallest absolute Gasteiger partial charge is 0.340 e. The molecule has 0 N–H and O–H groups in total. The highest BCUT2D eigenvalue weighted by Gasteiger charge is 2.20. The van der Waals surface area contributed by atoms with Crippen molar-refractivity contribution in [3.05, 3.63) is 29.3 Å². The summed E-state index contributed by atoms with van der Waals surface area (Å²) >= 11 is 5.83. The number of rotatable bonds is 2. The summed E-state index contributed by atoms with van der Waals surface area (Å²) in [7, 11) is 1.28. The highest BCUT2D eigenvalue weighted by atomic mass is 35.5. The minimum absolute atomic E-state index is 0.271. The normalized spacial score (nSPS) is 9.75. The van der Waals surface area contributed by atoms with Gasteiger partial charge in [-0.15, -0.1) is 0 Å². The number of esters is 1. The Morgan fingerprint density at radius 1 is 1.38 bits per heavy atom. The van der Waals surface area contributed by atoms with Crippen molar-refractivity contribution in [2.45, 2.75) is 13.8 Å². The van der Waals surface area contributed by atoms with E-state index in [1.165, 1.54) is 14.0 Å². The van der Waals surface area contributed by atoms with Gasteiger partial charge in [0.05, 0.1) is 18.4 Å². The Bertz CT molecular complexity index is 431. The molecule has 1 aromatic carbocycles. The van der Waals surface area contributed by atoms with Gasteiger partial charge >= 0.3 is 5.97 Å². The molecule has 1 amide bonds. The Labute approximate surface area is 98.9 Å². The summed E-state index contributed by atoms with van der Waals surface area (Å²) in [5.41, 5.74) is 1.37. The number of nitrogens with zero attached hydrogens (tertiary/aromatic N) is 1. The van der Waals surface area contributed by atoms with E-state index in [-0.39, 0.29) is 11.5 Å². The molecule has 0 saturated carbocycles. The predicted molar refractivity (Wildman–Crippen MR) is 61.5 cm³/mol. The fourth-order valence-electron chi connectivity index (χ4n) is 1.35. The molecule has 0 aliphatic carbocycles. The van der Waals surface area contributed by atoms with E-state index in [4.69, 9.17) is 11.8 Å². The number of hydrogen-bond acceptors (Lipinski definition) is 3. The number of halogens is 1. The Hall–Kier alpha value is -1.55. The fourth-order valence-corrected chi connectivity index (χ4v) is 1.58. The standard InChI is InChI=1S/C11H12ClNO3/c1-7-5-4-6-9(11(15)16-3)10(7)13(12)8(2)14/h4-6H,1-3H3. The van der Waals surface area contributed by atoms with Crippen molar-refractivity contribution in [2.24, 2.45) is 0 Å². The molecule has 0 heterocycles. The van der Waals surface area contributed by atoms with Crippen molar-refractivity contribution in [1.29, 1.82) is 0 Å². The average molecular weight is 242 g/mol. The highest BCUT2D eigenvalue weighted by molar-refractivity contribution is 6.37. The van der Waals surface area contributed by atoms with Crippen LogP contribution < -0.4 is 4.42 Å². The molecule has 16 heavy (non-hydrogen) atoms. The van der Waals surface area contributed by atoms with Gasteiger partial charge in [0, 0.05) is 18.7 Å². The summed E-state index contributed by atoms with van der Waals surface area (Å²) in [5.74, 6) is -0.883.